The van der Waals surface area contributed by atoms with Crippen LogP contribution in [-0.2, 0) is 27.3 Å². The molecular formula is C56H64F2N8O7. The number of piperidine rings is 4. The van der Waals surface area contributed by atoms with Crippen LogP contribution in [0, 0.1) is 22.5 Å². The fraction of sp³-hybridized carbons (Fsp3) is 0.536. The van der Waals surface area contributed by atoms with Crippen molar-refractivity contribution in [1.82, 2.24) is 30.1 Å². The lowest BCUT2D eigenvalue weighted by atomic mass is 9.61. The van der Waals surface area contributed by atoms with Gasteiger partial charge in [-0.2, -0.15) is 9.97 Å². The van der Waals surface area contributed by atoms with Gasteiger partial charge in [0.05, 0.1) is 29.8 Å². The third-order valence-corrected chi connectivity index (χ3v) is 17.3. The van der Waals surface area contributed by atoms with Gasteiger partial charge in [0.15, 0.2) is 5.82 Å². The van der Waals surface area contributed by atoms with Crippen LogP contribution >= 0.6 is 0 Å². The van der Waals surface area contributed by atoms with E-state index in [1.54, 1.807) is 24.0 Å². The standard InChI is InChI=1S/C56H64F2N8O7/c1-3-39-43(57)8-5-33-24-36(67)25-41(46(33)39)48-47(58)49-42(28-59-48)50(65-18-4-13-54(2,71)30-65)62-53(61-49)72-32-56(14-15-56)31-63-21-16-55(17-22-63)26-38(27-55)73-37-11-19-64(20-12-37)35-6-7-40-34(23-35)29-66(52(40)70)44-9-10-45(68)60-51(44)69/h5-8,23-25,28,37-38,44,67,71H,3-4,9-22,26-27,29-32H2,1-2H3,(H,60,68,69)/t44?,54-/m1/s1. The molecule has 1 spiro atoms. The number of hydrogen-bond acceptors (Lipinski definition) is 13. The Balaban J connectivity index is 0.660. The zero-order chi connectivity index (χ0) is 50.4. The Kier molecular flexibility index (Phi) is 12.1. The van der Waals surface area contributed by atoms with Crippen LogP contribution in [0.25, 0.3) is 32.9 Å². The third kappa shape index (κ3) is 9.13. The molecule has 2 atom stereocenters. The van der Waals surface area contributed by atoms with Gasteiger partial charge in [-0.1, -0.05) is 13.0 Å². The number of hydrogen-bond donors (Lipinski definition) is 3. The van der Waals surface area contributed by atoms with Gasteiger partial charge in [0.2, 0.25) is 11.8 Å². The molecule has 73 heavy (non-hydrogen) atoms. The maximum absolute atomic E-state index is 17.2. The molecule has 5 aromatic rings. The number of aromatic nitrogens is 3. The predicted molar refractivity (Wildman–Crippen MR) is 270 cm³/mol. The highest BCUT2D eigenvalue weighted by molar-refractivity contribution is 6.06. The van der Waals surface area contributed by atoms with Gasteiger partial charge in [0, 0.05) is 74.1 Å². The van der Waals surface area contributed by atoms with Gasteiger partial charge in [-0.05, 0) is 161 Å². The van der Waals surface area contributed by atoms with Crippen LogP contribution in [0.1, 0.15) is 112 Å². The molecule has 0 radical (unpaired) electrons. The van der Waals surface area contributed by atoms with Gasteiger partial charge in [0.1, 0.15) is 34.6 Å². The highest BCUT2D eigenvalue weighted by Gasteiger charge is 2.50. The molecule has 4 saturated heterocycles. The maximum Gasteiger partial charge on any atom is 0.319 e. The molecule has 15 nitrogen and oxygen atoms in total. The van der Waals surface area contributed by atoms with E-state index in [9.17, 15) is 24.6 Å². The highest BCUT2D eigenvalue weighted by atomic mass is 19.1. The molecule has 7 aliphatic rings. The minimum absolute atomic E-state index is 0.0120. The summed E-state index contributed by atoms with van der Waals surface area (Å²) in [5, 5.41) is 25.7. The van der Waals surface area contributed by atoms with Crippen molar-refractivity contribution in [3.05, 3.63) is 77.0 Å². The van der Waals surface area contributed by atoms with E-state index in [2.05, 4.69) is 26.2 Å². The molecule has 1 unspecified atom stereocenters. The molecule has 12 rings (SSSR count). The second-order valence-electron chi connectivity index (χ2n) is 22.7. The summed E-state index contributed by atoms with van der Waals surface area (Å²) in [6.07, 6.45) is 12.7. The van der Waals surface area contributed by atoms with Crippen molar-refractivity contribution in [3.8, 4) is 23.0 Å². The number of aromatic hydroxyl groups is 1. The number of fused-ring (bicyclic) bond motifs is 3. The number of benzene rings is 3. The number of nitrogens with zero attached hydrogens (tertiary/aromatic N) is 7. The summed E-state index contributed by atoms with van der Waals surface area (Å²) in [6, 6.07) is 11.3. The molecule has 17 heteroatoms. The monoisotopic (exact) mass is 998 g/mol. The second-order valence-corrected chi connectivity index (χ2v) is 22.7. The predicted octanol–water partition coefficient (Wildman–Crippen LogP) is 7.59. The van der Waals surface area contributed by atoms with Crippen molar-refractivity contribution in [1.29, 1.82) is 0 Å². The first kappa shape index (κ1) is 47.9. The SMILES string of the molecule is CCc1c(F)ccc2cc(O)cc(-c3ncc4c(N5CCC[C@@](C)(O)C5)nc(OCC5(CN6CCC7(CC6)CC(OC6CCN(c8ccc9c(c8)CN(C8CCC(=O)NC8=O)C9=O)CC6)C7)CC5)nc4c3F)c12. The molecule has 3 amide bonds. The molecule has 3 N–H and O–H groups in total. The number of carbonyl (C=O) groups is 3. The van der Waals surface area contributed by atoms with Gasteiger partial charge in [0.25, 0.3) is 5.91 Å². The number of amides is 3. The smallest absolute Gasteiger partial charge is 0.319 e. The third-order valence-electron chi connectivity index (χ3n) is 17.3. The van der Waals surface area contributed by atoms with E-state index in [-0.39, 0.29) is 64.4 Å². The average Bonchev–Trinajstić information content (AvgIpc) is 4.06. The number of imide groups is 1. The lowest BCUT2D eigenvalue weighted by Crippen LogP contribution is -2.52. The van der Waals surface area contributed by atoms with Gasteiger partial charge in [-0.15, -0.1) is 0 Å². The molecular weight excluding hydrogens is 935 g/mol. The Hall–Kier alpha value is -6.04. The maximum atomic E-state index is 17.2. The van der Waals surface area contributed by atoms with Gasteiger partial charge < -0.3 is 39.3 Å². The van der Waals surface area contributed by atoms with E-state index in [0.717, 1.165) is 102 Å². The fourth-order valence-electron chi connectivity index (χ4n) is 13.0. The average molecular weight is 999 g/mol. The van der Waals surface area contributed by atoms with E-state index >= 15 is 8.78 Å². The summed E-state index contributed by atoms with van der Waals surface area (Å²) in [6.45, 7) is 9.98. The summed E-state index contributed by atoms with van der Waals surface area (Å²) in [7, 11) is 0. The van der Waals surface area contributed by atoms with Crippen LogP contribution in [0.2, 0.25) is 0 Å². The van der Waals surface area contributed by atoms with Gasteiger partial charge in [-0.25, -0.2) is 8.78 Å². The highest BCUT2D eigenvalue weighted by Crippen LogP contribution is 2.53. The Bertz CT molecular complexity index is 3030. The number of aliphatic hydroxyl groups is 1. The van der Waals surface area contributed by atoms with Crippen LogP contribution in [0.15, 0.2) is 48.7 Å². The number of likely N-dealkylation sites (tertiary alicyclic amines) is 1. The van der Waals surface area contributed by atoms with E-state index in [1.807, 2.05) is 24.0 Å². The number of phenols is 1. The number of pyridine rings is 1. The number of carbonyl (C=O) groups excluding carboxylic acids is 3. The number of anilines is 2. The van der Waals surface area contributed by atoms with E-state index < -0.39 is 29.2 Å². The molecule has 2 aromatic heterocycles. The first-order chi connectivity index (χ1) is 35.1. The Morgan fingerprint density at radius 2 is 1.67 bits per heavy atom. The molecule has 0 bridgehead atoms. The van der Waals surface area contributed by atoms with Crippen molar-refractivity contribution in [2.24, 2.45) is 10.8 Å². The lowest BCUT2D eigenvalue weighted by Gasteiger charge is -2.53. The van der Waals surface area contributed by atoms with Crippen LogP contribution in [0.4, 0.5) is 20.3 Å². The summed E-state index contributed by atoms with van der Waals surface area (Å²) >= 11 is 0. The van der Waals surface area contributed by atoms with Gasteiger partial charge >= 0.3 is 6.01 Å². The lowest BCUT2D eigenvalue weighted by molar-refractivity contribution is -0.137. The quantitative estimate of drug-likeness (QED) is 0.105. The zero-order valence-corrected chi connectivity index (χ0v) is 41.7. The minimum Gasteiger partial charge on any atom is -0.508 e. The van der Waals surface area contributed by atoms with Crippen LogP contribution in [0.5, 0.6) is 11.8 Å². The number of nitrogens with one attached hydrogen (secondary N) is 1. The van der Waals surface area contributed by atoms with Crippen molar-refractivity contribution in [2.45, 2.75) is 128 Å². The first-order valence-corrected chi connectivity index (χ1v) is 26.5. The number of aryl methyl sites for hydroxylation is 1. The number of halogens is 2. The van der Waals surface area contributed by atoms with E-state index in [4.69, 9.17) is 19.4 Å². The van der Waals surface area contributed by atoms with Crippen LogP contribution < -0.4 is 19.9 Å². The minimum atomic E-state index is -0.967. The van der Waals surface area contributed by atoms with Crippen molar-refractivity contribution in [2.75, 3.05) is 62.2 Å². The topological polar surface area (TPSA) is 174 Å². The molecule has 2 saturated carbocycles. The second kappa shape index (κ2) is 18.4. The number of rotatable bonds is 12. The van der Waals surface area contributed by atoms with Gasteiger partial charge in [-0.3, -0.25) is 24.7 Å². The molecule has 3 aromatic carbocycles. The number of ether oxygens (including phenoxy) is 2. The Labute approximate surface area is 423 Å². The van der Waals surface area contributed by atoms with Crippen molar-refractivity contribution >= 4 is 50.9 Å². The first-order valence-electron chi connectivity index (χ1n) is 26.5. The Morgan fingerprint density at radius 1 is 0.877 bits per heavy atom. The molecule has 5 aliphatic heterocycles. The van der Waals surface area contributed by atoms with Crippen molar-refractivity contribution < 1.29 is 42.9 Å². The Morgan fingerprint density at radius 3 is 2.41 bits per heavy atom. The summed E-state index contributed by atoms with van der Waals surface area (Å²) in [5.41, 5.74) is 2.56. The molecule has 7 heterocycles. The molecule has 6 fully saturated rings. The van der Waals surface area contributed by atoms with Crippen LogP contribution in [0.3, 0.4) is 0 Å². The van der Waals surface area contributed by atoms with Crippen molar-refractivity contribution in [3.63, 3.8) is 0 Å². The molecule has 384 valence electrons. The number of phenolic OH excluding ortho intramolecular Hbond substituents is 1. The largest absolute Gasteiger partial charge is 0.508 e. The zero-order valence-electron chi connectivity index (χ0n) is 41.7. The normalized spacial score (nSPS) is 24.4. The summed E-state index contributed by atoms with van der Waals surface area (Å²) in [5.74, 6) is -1.62. The van der Waals surface area contributed by atoms with E-state index in [0.29, 0.717) is 84.0 Å². The summed E-state index contributed by atoms with van der Waals surface area (Å²) in [4.78, 5) is 60.1. The number of β-amino-alcohol motifs (C(OH)–C–C–N with tert-alkyl or cyclic N) is 1. The summed E-state index contributed by atoms with van der Waals surface area (Å²) < 4.78 is 45.5. The molecule has 2 aliphatic carbocycles. The van der Waals surface area contributed by atoms with Crippen LogP contribution in [-0.4, -0.2) is 129 Å². The van der Waals surface area contributed by atoms with E-state index in [1.165, 1.54) is 18.3 Å². The fourth-order valence-corrected chi connectivity index (χ4v) is 13.0.